The predicted octanol–water partition coefficient (Wildman–Crippen LogP) is 2.57. The van der Waals surface area contributed by atoms with Crippen molar-refractivity contribution in [2.75, 3.05) is 29.6 Å². The van der Waals surface area contributed by atoms with Crippen LogP contribution in [0.4, 0.5) is 11.4 Å². The molecule has 29 heavy (non-hydrogen) atoms. The van der Waals surface area contributed by atoms with E-state index in [0.29, 0.717) is 28.1 Å². The number of carbonyl (C=O) groups excluding carboxylic acids is 2. The van der Waals surface area contributed by atoms with Gasteiger partial charge in [-0.1, -0.05) is 36.0 Å². The minimum atomic E-state index is -0.209. The van der Waals surface area contributed by atoms with Gasteiger partial charge >= 0.3 is 0 Å². The van der Waals surface area contributed by atoms with Crippen LogP contribution >= 0.6 is 11.8 Å². The Morgan fingerprint density at radius 3 is 2.76 bits per heavy atom. The Kier molecular flexibility index (Phi) is 5.22. The standard InChI is InChI=1S/C20H19N5O3S/c1-24-19(13-7-3-6-10-16(13)28-2)22-23-20(24)29-12-18(27)25-11-17(26)21-14-8-4-5-9-15(14)25/h3-10H,11-12H2,1-2H3,(H,21,26). The van der Waals surface area contributed by atoms with Crippen molar-refractivity contribution >= 4 is 35.0 Å². The first-order valence-electron chi connectivity index (χ1n) is 8.93. The van der Waals surface area contributed by atoms with Crippen LogP contribution in [0.5, 0.6) is 5.75 Å². The number of para-hydroxylation sites is 3. The highest BCUT2D eigenvalue weighted by atomic mass is 32.2. The highest BCUT2D eigenvalue weighted by molar-refractivity contribution is 7.99. The minimum absolute atomic E-state index is 0.00167. The number of amides is 2. The number of carbonyl (C=O) groups is 2. The van der Waals surface area contributed by atoms with Crippen molar-refractivity contribution < 1.29 is 14.3 Å². The molecule has 0 aliphatic carbocycles. The van der Waals surface area contributed by atoms with Gasteiger partial charge in [0.05, 0.1) is 29.8 Å². The molecule has 0 atom stereocenters. The molecular formula is C20H19N5O3S. The van der Waals surface area contributed by atoms with Crippen LogP contribution in [0.15, 0.2) is 53.7 Å². The van der Waals surface area contributed by atoms with Gasteiger partial charge in [0.25, 0.3) is 0 Å². The molecule has 0 saturated carbocycles. The zero-order valence-corrected chi connectivity index (χ0v) is 16.8. The maximum atomic E-state index is 12.8. The number of nitrogens with zero attached hydrogens (tertiary/aromatic N) is 4. The molecule has 1 aliphatic rings. The number of hydrogen-bond acceptors (Lipinski definition) is 6. The van der Waals surface area contributed by atoms with Crippen molar-refractivity contribution in [2.45, 2.75) is 5.16 Å². The van der Waals surface area contributed by atoms with Gasteiger partial charge in [-0.15, -0.1) is 10.2 Å². The number of hydrogen-bond donors (Lipinski definition) is 1. The fourth-order valence-electron chi connectivity index (χ4n) is 3.16. The molecule has 0 unspecified atom stereocenters. The maximum absolute atomic E-state index is 12.8. The third kappa shape index (κ3) is 3.68. The van der Waals surface area contributed by atoms with Gasteiger partial charge in [-0.05, 0) is 24.3 Å². The summed E-state index contributed by atoms with van der Waals surface area (Å²) in [6.45, 7) is 0.00167. The number of benzene rings is 2. The predicted molar refractivity (Wildman–Crippen MR) is 111 cm³/mol. The van der Waals surface area contributed by atoms with Crippen LogP contribution in [-0.4, -0.2) is 46.0 Å². The molecule has 0 fully saturated rings. The van der Waals surface area contributed by atoms with E-state index in [1.165, 1.54) is 16.7 Å². The smallest absolute Gasteiger partial charge is 0.244 e. The average Bonchev–Trinajstić information content (AvgIpc) is 3.11. The van der Waals surface area contributed by atoms with Crippen molar-refractivity contribution in [3.05, 3.63) is 48.5 Å². The highest BCUT2D eigenvalue weighted by Gasteiger charge is 2.27. The Labute approximate surface area is 171 Å². The van der Waals surface area contributed by atoms with Gasteiger partial charge in [-0.3, -0.25) is 9.59 Å². The van der Waals surface area contributed by atoms with Crippen LogP contribution < -0.4 is 15.0 Å². The molecule has 3 aromatic rings. The number of methoxy groups -OCH3 is 1. The first-order valence-corrected chi connectivity index (χ1v) is 9.92. The minimum Gasteiger partial charge on any atom is -0.496 e. The summed E-state index contributed by atoms with van der Waals surface area (Å²) >= 11 is 1.28. The summed E-state index contributed by atoms with van der Waals surface area (Å²) in [5, 5.41) is 11.9. The summed E-state index contributed by atoms with van der Waals surface area (Å²) < 4.78 is 7.22. The normalized spacial score (nSPS) is 13.0. The molecule has 4 rings (SSSR count). The van der Waals surface area contributed by atoms with Crippen molar-refractivity contribution in [1.82, 2.24) is 14.8 Å². The van der Waals surface area contributed by atoms with Crippen molar-refractivity contribution in [3.63, 3.8) is 0 Å². The van der Waals surface area contributed by atoms with Gasteiger partial charge in [-0.25, -0.2) is 0 Å². The molecule has 0 bridgehead atoms. The summed E-state index contributed by atoms with van der Waals surface area (Å²) in [5.74, 6) is 1.12. The molecule has 1 N–H and O–H groups in total. The van der Waals surface area contributed by atoms with E-state index in [-0.39, 0.29) is 24.1 Å². The Morgan fingerprint density at radius 1 is 1.17 bits per heavy atom. The number of nitrogens with one attached hydrogen (secondary N) is 1. The Balaban J connectivity index is 1.51. The lowest BCUT2D eigenvalue weighted by atomic mass is 10.2. The second-order valence-electron chi connectivity index (χ2n) is 6.40. The number of fused-ring (bicyclic) bond motifs is 1. The van der Waals surface area contributed by atoms with Gasteiger partial charge in [0.15, 0.2) is 11.0 Å². The summed E-state index contributed by atoms with van der Waals surface area (Å²) in [4.78, 5) is 26.3. The zero-order chi connectivity index (χ0) is 20.4. The van der Waals surface area contributed by atoms with Crippen molar-refractivity contribution in [2.24, 2.45) is 7.05 Å². The van der Waals surface area contributed by atoms with Gasteiger partial charge in [0.1, 0.15) is 12.3 Å². The van der Waals surface area contributed by atoms with E-state index >= 15 is 0 Å². The van der Waals surface area contributed by atoms with E-state index in [2.05, 4.69) is 15.5 Å². The third-order valence-corrected chi connectivity index (χ3v) is 5.58. The van der Waals surface area contributed by atoms with Crippen molar-refractivity contribution in [3.8, 4) is 17.1 Å². The van der Waals surface area contributed by atoms with E-state index in [4.69, 9.17) is 4.74 Å². The lowest BCUT2D eigenvalue weighted by molar-refractivity contribution is -0.120. The first-order chi connectivity index (χ1) is 14.1. The number of rotatable bonds is 5. The summed E-state index contributed by atoms with van der Waals surface area (Å²) in [6, 6.07) is 14.8. The number of thioether (sulfide) groups is 1. The second-order valence-corrected chi connectivity index (χ2v) is 7.34. The quantitative estimate of drug-likeness (QED) is 0.652. The first kappa shape index (κ1) is 19.0. The van der Waals surface area contributed by atoms with Crippen LogP contribution in [0.3, 0.4) is 0 Å². The Bertz CT molecular complexity index is 1080. The molecule has 9 heteroatoms. The fraction of sp³-hybridized carbons (Fsp3) is 0.200. The fourth-order valence-corrected chi connectivity index (χ4v) is 3.95. The maximum Gasteiger partial charge on any atom is 0.244 e. The van der Waals surface area contributed by atoms with Crippen molar-refractivity contribution in [1.29, 1.82) is 0 Å². The van der Waals surface area contributed by atoms with E-state index in [1.54, 1.807) is 13.2 Å². The van der Waals surface area contributed by atoms with Crippen LogP contribution in [0.25, 0.3) is 11.4 Å². The monoisotopic (exact) mass is 409 g/mol. The molecular weight excluding hydrogens is 390 g/mol. The molecule has 0 spiro atoms. The average molecular weight is 409 g/mol. The lowest BCUT2D eigenvalue weighted by Gasteiger charge is -2.29. The van der Waals surface area contributed by atoms with Gasteiger partial charge in [0, 0.05) is 7.05 Å². The summed E-state index contributed by atoms with van der Waals surface area (Å²) in [7, 11) is 3.45. The number of anilines is 2. The van der Waals surface area contributed by atoms with Gasteiger partial charge < -0.3 is 19.5 Å². The molecule has 2 aromatic carbocycles. The van der Waals surface area contributed by atoms with Crippen LogP contribution in [-0.2, 0) is 16.6 Å². The molecule has 0 radical (unpaired) electrons. The number of ether oxygens (including phenoxy) is 1. The largest absolute Gasteiger partial charge is 0.496 e. The molecule has 1 aromatic heterocycles. The Hall–Kier alpha value is -3.33. The van der Waals surface area contributed by atoms with Gasteiger partial charge in [-0.2, -0.15) is 0 Å². The summed E-state index contributed by atoms with van der Waals surface area (Å²) in [5.41, 5.74) is 2.16. The molecule has 2 heterocycles. The molecule has 2 amide bonds. The van der Waals surface area contributed by atoms with Crippen LogP contribution in [0, 0.1) is 0 Å². The third-order valence-electron chi connectivity index (χ3n) is 4.58. The second kappa shape index (κ2) is 7.96. The molecule has 0 saturated heterocycles. The van der Waals surface area contributed by atoms with E-state index in [1.807, 2.05) is 54.1 Å². The molecule has 148 valence electrons. The van der Waals surface area contributed by atoms with Crippen LogP contribution in [0.2, 0.25) is 0 Å². The lowest BCUT2D eigenvalue weighted by Crippen LogP contribution is -2.43. The van der Waals surface area contributed by atoms with E-state index < -0.39 is 0 Å². The Morgan fingerprint density at radius 2 is 1.93 bits per heavy atom. The molecule has 1 aliphatic heterocycles. The SMILES string of the molecule is COc1ccccc1-c1nnc(SCC(=O)N2CC(=O)Nc3ccccc32)n1C. The van der Waals surface area contributed by atoms with Gasteiger partial charge in [0.2, 0.25) is 11.8 Å². The highest BCUT2D eigenvalue weighted by Crippen LogP contribution is 2.32. The zero-order valence-electron chi connectivity index (χ0n) is 16.0. The van der Waals surface area contributed by atoms with E-state index in [0.717, 1.165) is 5.56 Å². The summed E-state index contributed by atoms with van der Waals surface area (Å²) in [6.07, 6.45) is 0. The van der Waals surface area contributed by atoms with E-state index in [9.17, 15) is 9.59 Å². The van der Waals surface area contributed by atoms with Crippen LogP contribution in [0.1, 0.15) is 0 Å². The topological polar surface area (TPSA) is 89.4 Å². The molecule has 8 nitrogen and oxygen atoms in total. The number of aromatic nitrogens is 3.